The van der Waals surface area contributed by atoms with Crippen molar-refractivity contribution in [1.82, 2.24) is 10.6 Å². The van der Waals surface area contributed by atoms with Crippen LogP contribution >= 0.6 is 12.2 Å². The molecule has 5 nitrogen and oxygen atoms in total. The average molecular weight is 348 g/mol. The number of hydrogen-bond acceptors (Lipinski definition) is 4. The van der Waals surface area contributed by atoms with E-state index >= 15 is 0 Å². The highest BCUT2D eigenvalue weighted by molar-refractivity contribution is 7.80. The maximum Gasteiger partial charge on any atom is 0.338 e. The van der Waals surface area contributed by atoms with Crippen LogP contribution in [0.4, 0.5) is 0 Å². The average Bonchev–Trinajstić information content (AvgIpc) is 2.51. The Morgan fingerprint density at radius 1 is 1.29 bits per heavy atom. The van der Waals surface area contributed by atoms with E-state index < -0.39 is 0 Å². The Morgan fingerprint density at radius 3 is 2.54 bits per heavy atom. The lowest BCUT2D eigenvalue weighted by molar-refractivity contribution is -0.143. The topological polar surface area (TPSA) is 59.6 Å². The fourth-order valence-corrected chi connectivity index (χ4v) is 2.74. The quantitative estimate of drug-likeness (QED) is 0.608. The van der Waals surface area contributed by atoms with E-state index in [1.165, 1.54) is 0 Å². The van der Waals surface area contributed by atoms with Crippen molar-refractivity contribution in [2.75, 3.05) is 6.61 Å². The molecule has 0 saturated heterocycles. The Kier molecular flexibility index (Phi) is 6.20. The first-order chi connectivity index (χ1) is 11.4. The summed E-state index contributed by atoms with van der Waals surface area (Å²) in [7, 11) is 0. The molecule has 0 radical (unpaired) electrons. The predicted molar refractivity (Wildman–Crippen MR) is 97.8 cm³/mol. The van der Waals surface area contributed by atoms with E-state index in [4.69, 9.17) is 21.7 Å². The largest absolute Gasteiger partial charge is 0.494 e. The van der Waals surface area contributed by atoms with Gasteiger partial charge in [0.1, 0.15) is 5.75 Å². The third-order valence-corrected chi connectivity index (χ3v) is 3.74. The van der Waals surface area contributed by atoms with Crippen LogP contribution in [0, 0.1) is 0 Å². The molecule has 1 heterocycles. The molecule has 0 fully saturated rings. The summed E-state index contributed by atoms with van der Waals surface area (Å²) in [5.74, 6) is 0.463. The van der Waals surface area contributed by atoms with Gasteiger partial charge in [-0.15, -0.1) is 0 Å². The van der Waals surface area contributed by atoms with Crippen LogP contribution in [0.2, 0.25) is 0 Å². The molecule has 2 N–H and O–H groups in total. The Balaban J connectivity index is 2.29. The highest BCUT2D eigenvalue weighted by atomic mass is 32.1. The zero-order valence-electron chi connectivity index (χ0n) is 14.5. The van der Waals surface area contributed by atoms with Crippen molar-refractivity contribution in [1.29, 1.82) is 0 Å². The van der Waals surface area contributed by atoms with Crippen molar-refractivity contribution in [2.24, 2.45) is 0 Å². The molecule has 0 saturated carbocycles. The summed E-state index contributed by atoms with van der Waals surface area (Å²) in [4.78, 5) is 12.5. The summed E-state index contributed by atoms with van der Waals surface area (Å²) < 4.78 is 11.0. The van der Waals surface area contributed by atoms with Crippen LogP contribution in [-0.2, 0) is 9.53 Å². The number of allylic oxidation sites excluding steroid dienone is 1. The van der Waals surface area contributed by atoms with Crippen molar-refractivity contribution < 1.29 is 14.3 Å². The molecule has 24 heavy (non-hydrogen) atoms. The Hall–Kier alpha value is -2.08. The molecule has 130 valence electrons. The van der Waals surface area contributed by atoms with Crippen molar-refractivity contribution >= 4 is 23.3 Å². The summed E-state index contributed by atoms with van der Waals surface area (Å²) >= 11 is 5.24. The van der Waals surface area contributed by atoms with Crippen LogP contribution in [0.25, 0.3) is 0 Å². The minimum absolute atomic E-state index is 0.183. The van der Waals surface area contributed by atoms with Crippen LogP contribution in [0.5, 0.6) is 5.75 Å². The van der Waals surface area contributed by atoms with E-state index in [0.717, 1.165) is 17.7 Å². The number of rotatable bonds is 6. The molecule has 0 spiro atoms. The summed E-state index contributed by atoms with van der Waals surface area (Å²) in [6.07, 6.45) is 0.774. The molecule has 6 heteroatoms. The van der Waals surface area contributed by atoms with Gasteiger partial charge in [-0.05, 0) is 57.1 Å². The maximum atomic E-state index is 12.5. The molecule has 1 atom stereocenters. The molecular formula is C18H24N2O3S. The van der Waals surface area contributed by atoms with E-state index in [1.807, 2.05) is 45.0 Å². The van der Waals surface area contributed by atoms with E-state index in [2.05, 4.69) is 17.6 Å². The molecule has 0 amide bonds. The zero-order chi connectivity index (χ0) is 17.7. The van der Waals surface area contributed by atoms with Crippen molar-refractivity contribution in [3.8, 4) is 5.75 Å². The van der Waals surface area contributed by atoms with E-state index in [0.29, 0.717) is 23.0 Å². The number of nitrogens with one attached hydrogen (secondary N) is 2. The molecule has 0 bridgehead atoms. The number of carbonyl (C=O) groups excluding carboxylic acids is 1. The molecule has 2 rings (SSSR count). The van der Waals surface area contributed by atoms with Gasteiger partial charge >= 0.3 is 5.97 Å². The van der Waals surface area contributed by atoms with Crippen molar-refractivity contribution in [3.63, 3.8) is 0 Å². The molecular weight excluding hydrogens is 324 g/mol. The van der Waals surface area contributed by atoms with Gasteiger partial charge < -0.3 is 20.1 Å². The fraction of sp³-hybridized carbons (Fsp3) is 0.444. The lowest BCUT2D eigenvalue weighted by Gasteiger charge is -2.30. The second kappa shape index (κ2) is 8.15. The highest BCUT2D eigenvalue weighted by Crippen LogP contribution is 2.29. The second-order valence-electron chi connectivity index (χ2n) is 5.94. The predicted octanol–water partition coefficient (Wildman–Crippen LogP) is 3.22. The fourth-order valence-electron chi connectivity index (χ4n) is 2.47. The molecule has 1 aliphatic heterocycles. The number of carbonyl (C=O) groups is 1. The number of ether oxygens (including phenoxy) is 2. The third-order valence-electron chi connectivity index (χ3n) is 3.52. The number of hydrogen-bond donors (Lipinski definition) is 2. The number of esters is 1. The van der Waals surface area contributed by atoms with Crippen LogP contribution < -0.4 is 15.4 Å². The molecule has 1 aromatic rings. The summed E-state index contributed by atoms with van der Waals surface area (Å²) in [6.45, 7) is 8.23. The zero-order valence-corrected chi connectivity index (χ0v) is 15.3. The maximum absolute atomic E-state index is 12.5. The number of benzene rings is 1. The van der Waals surface area contributed by atoms with Crippen LogP contribution in [0.3, 0.4) is 0 Å². The highest BCUT2D eigenvalue weighted by Gasteiger charge is 2.31. The van der Waals surface area contributed by atoms with Gasteiger partial charge in [-0.1, -0.05) is 19.1 Å². The van der Waals surface area contributed by atoms with Gasteiger partial charge in [0, 0.05) is 5.70 Å². The third kappa shape index (κ3) is 4.47. The molecule has 0 aliphatic carbocycles. The van der Waals surface area contributed by atoms with Gasteiger partial charge in [0.25, 0.3) is 0 Å². The van der Waals surface area contributed by atoms with Crippen LogP contribution in [0.1, 0.15) is 45.7 Å². The normalized spacial score (nSPS) is 17.4. The second-order valence-corrected chi connectivity index (χ2v) is 6.35. The first kappa shape index (κ1) is 18.3. The molecule has 1 unspecified atom stereocenters. The standard InChI is InChI=1S/C18H24N2O3S/c1-5-10-22-14-8-6-13(7-9-14)16-15(17(21)23-11(2)3)12(4)19-18(24)20-16/h6-9,11,16H,5,10H2,1-4H3,(H2,19,20,24). The van der Waals surface area contributed by atoms with Gasteiger partial charge in [-0.2, -0.15) is 0 Å². The van der Waals surface area contributed by atoms with Crippen LogP contribution in [-0.4, -0.2) is 23.8 Å². The van der Waals surface area contributed by atoms with Crippen LogP contribution in [0.15, 0.2) is 35.5 Å². The Labute approximate surface area is 148 Å². The van der Waals surface area contributed by atoms with Crippen molar-refractivity contribution in [2.45, 2.75) is 46.3 Å². The van der Waals surface area contributed by atoms with Gasteiger partial charge in [0.15, 0.2) is 5.11 Å². The monoisotopic (exact) mass is 348 g/mol. The van der Waals surface area contributed by atoms with Gasteiger partial charge in [0.05, 0.1) is 24.3 Å². The SMILES string of the molecule is CCCOc1ccc(C2NC(=S)NC(C)=C2C(=O)OC(C)C)cc1. The minimum atomic E-state index is -0.346. The van der Waals surface area contributed by atoms with E-state index in [1.54, 1.807) is 0 Å². The number of thiocarbonyl (C=S) groups is 1. The summed E-state index contributed by atoms with van der Waals surface area (Å²) in [5.41, 5.74) is 2.18. The van der Waals surface area contributed by atoms with E-state index in [-0.39, 0.29) is 18.1 Å². The van der Waals surface area contributed by atoms with Crippen molar-refractivity contribution in [3.05, 3.63) is 41.1 Å². The lowest BCUT2D eigenvalue weighted by Crippen LogP contribution is -2.45. The Bertz CT molecular complexity index is 638. The van der Waals surface area contributed by atoms with Gasteiger partial charge in [0.2, 0.25) is 0 Å². The Morgan fingerprint density at radius 2 is 1.96 bits per heavy atom. The van der Waals surface area contributed by atoms with E-state index in [9.17, 15) is 4.79 Å². The minimum Gasteiger partial charge on any atom is -0.494 e. The first-order valence-electron chi connectivity index (χ1n) is 8.14. The molecule has 1 aliphatic rings. The molecule has 0 aromatic heterocycles. The van der Waals surface area contributed by atoms with Gasteiger partial charge in [-0.25, -0.2) is 4.79 Å². The summed E-state index contributed by atoms with van der Waals surface area (Å²) in [5, 5.41) is 6.64. The van der Waals surface area contributed by atoms with Gasteiger partial charge in [-0.3, -0.25) is 0 Å². The molecule has 1 aromatic carbocycles. The smallest absolute Gasteiger partial charge is 0.338 e. The first-order valence-corrected chi connectivity index (χ1v) is 8.55. The lowest BCUT2D eigenvalue weighted by atomic mass is 9.95. The summed E-state index contributed by atoms with van der Waals surface area (Å²) in [6, 6.07) is 7.33.